The predicted molar refractivity (Wildman–Crippen MR) is 118 cm³/mol. The number of nitrogens with one attached hydrogen (secondary N) is 1. The van der Waals surface area contributed by atoms with Gasteiger partial charge in [-0.3, -0.25) is 4.79 Å². The third-order valence-corrected chi connectivity index (χ3v) is 5.57. The molecule has 0 saturated heterocycles. The van der Waals surface area contributed by atoms with Crippen molar-refractivity contribution in [3.63, 3.8) is 0 Å². The molecule has 0 aliphatic carbocycles. The van der Waals surface area contributed by atoms with E-state index in [2.05, 4.69) is 20.8 Å². The lowest BCUT2D eigenvalue weighted by Crippen LogP contribution is -2.23. The Bertz CT molecular complexity index is 1170. The molecule has 0 radical (unpaired) electrons. The molecule has 1 N–H and O–H groups in total. The van der Waals surface area contributed by atoms with Crippen molar-refractivity contribution < 1.29 is 9.53 Å². The maximum absolute atomic E-state index is 12.9. The molecule has 1 heterocycles. The first-order valence-corrected chi connectivity index (χ1v) is 10.5. The van der Waals surface area contributed by atoms with E-state index in [4.69, 9.17) is 4.74 Å². The molecule has 0 aliphatic heterocycles. The summed E-state index contributed by atoms with van der Waals surface area (Å²) in [4.78, 5) is 12.9. The van der Waals surface area contributed by atoms with Gasteiger partial charge in [0.15, 0.2) is 0 Å². The van der Waals surface area contributed by atoms with Crippen LogP contribution in [0.4, 0.5) is 5.69 Å². The molecule has 3 aromatic carbocycles. The van der Waals surface area contributed by atoms with E-state index in [0.29, 0.717) is 17.5 Å². The maximum Gasteiger partial charge on any atom is 0.237 e. The molecule has 0 aliphatic rings. The largest absolute Gasteiger partial charge is 0.492 e. The van der Waals surface area contributed by atoms with Crippen LogP contribution in [0.3, 0.4) is 0 Å². The average Bonchev–Trinajstić information content (AvgIpc) is 3.22. The highest BCUT2D eigenvalue weighted by molar-refractivity contribution is 8.00. The monoisotopic (exact) mass is 419 g/mol. The molecule has 4 rings (SSSR count). The van der Waals surface area contributed by atoms with Crippen molar-refractivity contribution in [2.45, 2.75) is 24.3 Å². The number of anilines is 1. The lowest BCUT2D eigenvalue weighted by atomic mass is 10.1. The van der Waals surface area contributed by atoms with Gasteiger partial charge in [0.05, 0.1) is 11.9 Å². The topological polar surface area (TPSA) is 81.9 Å². The number of benzene rings is 3. The minimum Gasteiger partial charge on any atom is -0.492 e. The summed E-state index contributed by atoms with van der Waals surface area (Å²) in [5.41, 5.74) is 1.51. The normalized spacial score (nSPS) is 11.9. The second-order valence-corrected chi connectivity index (χ2v) is 7.86. The molecule has 152 valence electrons. The number of para-hydroxylation sites is 2. The number of hydrogen-bond acceptors (Lipinski definition) is 6. The number of carbonyl (C=O) groups is 1. The fourth-order valence-electron chi connectivity index (χ4n) is 3.09. The number of fused-ring (bicyclic) bond motifs is 1. The highest BCUT2D eigenvalue weighted by atomic mass is 32.2. The zero-order chi connectivity index (χ0) is 20.9. The Kier molecular flexibility index (Phi) is 5.94. The third kappa shape index (κ3) is 4.13. The first-order chi connectivity index (χ1) is 14.7. The van der Waals surface area contributed by atoms with Gasteiger partial charge >= 0.3 is 0 Å². The van der Waals surface area contributed by atoms with Gasteiger partial charge in [-0.2, -0.15) is 4.68 Å². The maximum atomic E-state index is 12.9. The summed E-state index contributed by atoms with van der Waals surface area (Å²) in [6, 6.07) is 21.3. The van der Waals surface area contributed by atoms with Crippen molar-refractivity contribution in [2.75, 3.05) is 11.9 Å². The van der Waals surface area contributed by atoms with E-state index >= 15 is 0 Å². The smallest absolute Gasteiger partial charge is 0.237 e. The van der Waals surface area contributed by atoms with Crippen LogP contribution in [0.2, 0.25) is 0 Å². The van der Waals surface area contributed by atoms with Crippen LogP contribution in [0, 0.1) is 0 Å². The van der Waals surface area contributed by atoms with E-state index in [1.165, 1.54) is 11.8 Å². The number of hydrogen-bond donors (Lipinski definition) is 1. The lowest BCUT2D eigenvalue weighted by molar-refractivity contribution is -0.115. The highest BCUT2D eigenvalue weighted by Gasteiger charge is 2.21. The summed E-state index contributed by atoms with van der Waals surface area (Å²) in [6.45, 7) is 4.29. The quantitative estimate of drug-likeness (QED) is 0.449. The molecule has 30 heavy (non-hydrogen) atoms. The van der Waals surface area contributed by atoms with Gasteiger partial charge in [-0.05, 0) is 47.9 Å². The zero-order valence-corrected chi connectivity index (χ0v) is 17.5. The Hall–Kier alpha value is -3.39. The van der Waals surface area contributed by atoms with E-state index < -0.39 is 5.25 Å². The van der Waals surface area contributed by atoms with Crippen LogP contribution in [0.1, 0.15) is 13.8 Å². The second-order valence-electron chi connectivity index (χ2n) is 6.55. The van der Waals surface area contributed by atoms with Gasteiger partial charge in [0, 0.05) is 11.1 Å². The number of ether oxygens (including phenoxy) is 1. The summed E-state index contributed by atoms with van der Waals surface area (Å²) in [7, 11) is 0. The van der Waals surface area contributed by atoms with Gasteiger partial charge in [-0.1, -0.05) is 60.3 Å². The Labute approximate surface area is 178 Å². The van der Waals surface area contributed by atoms with Crippen molar-refractivity contribution in [3.8, 4) is 11.4 Å². The van der Waals surface area contributed by atoms with Gasteiger partial charge in [-0.15, -0.1) is 5.10 Å². The van der Waals surface area contributed by atoms with E-state index in [0.717, 1.165) is 22.1 Å². The number of thioether (sulfide) groups is 1. The minimum atomic E-state index is -0.409. The molecule has 1 aromatic heterocycles. The van der Waals surface area contributed by atoms with Crippen LogP contribution < -0.4 is 10.1 Å². The number of carbonyl (C=O) groups excluding carboxylic acids is 1. The standard InChI is InChI=1S/C22H21N5O2S/c1-3-29-20-14-7-6-13-19(20)27-22(24-25-26-27)30-15(2)21(28)23-18-12-8-10-16-9-4-5-11-17(16)18/h4-15H,3H2,1-2H3,(H,23,28)/t15-/m1/s1. The summed E-state index contributed by atoms with van der Waals surface area (Å²) in [6.07, 6.45) is 0. The van der Waals surface area contributed by atoms with Crippen LogP contribution in [0.5, 0.6) is 5.75 Å². The van der Waals surface area contributed by atoms with Gasteiger partial charge in [-0.25, -0.2) is 0 Å². The molecule has 8 heteroatoms. The summed E-state index contributed by atoms with van der Waals surface area (Å²) in [5, 5.41) is 17.2. The SMILES string of the molecule is CCOc1ccccc1-n1nnnc1S[C@H](C)C(=O)Nc1cccc2ccccc12. The fraction of sp³-hybridized carbons (Fsp3) is 0.182. The molecule has 0 bridgehead atoms. The fourth-order valence-corrected chi connectivity index (χ4v) is 3.89. The Morgan fingerprint density at radius 2 is 1.87 bits per heavy atom. The van der Waals surface area contributed by atoms with E-state index in [9.17, 15) is 4.79 Å². The van der Waals surface area contributed by atoms with Crippen LogP contribution in [0.25, 0.3) is 16.5 Å². The summed E-state index contributed by atoms with van der Waals surface area (Å²) >= 11 is 1.29. The lowest BCUT2D eigenvalue weighted by Gasteiger charge is -2.14. The van der Waals surface area contributed by atoms with Gasteiger partial charge in [0.25, 0.3) is 0 Å². The molecule has 0 saturated carbocycles. The van der Waals surface area contributed by atoms with Crippen molar-refractivity contribution in [1.29, 1.82) is 0 Å². The minimum absolute atomic E-state index is 0.121. The molecule has 1 amide bonds. The van der Waals surface area contributed by atoms with Gasteiger partial charge < -0.3 is 10.1 Å². The van der Waals surface area contributed by atoms with Crippen LogP contribution in [-0.4, -0.2) is 38.0 Å². The van der Waals surface area contributed by atoms with Crippen molar-refractivity contribution >= 4 is 34.1 Å². The van der Waals surface area contributed by atoms with E-state index in [1.807, 2.05) is 80.6 Å². The Morgan fingerprint density at radius 3 is 2.73 bits per heavy atom. The number of nitrogens with zero attached hydrogens (tertiary/aromatic N) is 4. The van der Waals surface area contributed by atoms with Crippen molar-refractivity contribution in [3.05, 3.63) is 66.7 Å². The molecule has 0 spiro atoms. The zero-order valence-electron chi connectivity index (χ0n) is 16.6. The Balaban J connectivity index is 1.53. The molecule has 0 unspecified atom stereocenters. The van der Waals surface area contributed by atoms with Crippen LogP contribution >= 0.6 is 11.8 Å². The average molecular weight is 420 g/mol. The number of tetrazole rings is 1. The van der Waals surface area contributed by atoms with Gasteiger partial charge in [0.1, 0.15) is 11.4 Å². The number of rotatable bonds is 7. The van der Waals surface area contributed by atoms with E-state index in [-0.39, 0.29) is 5.91 Å². The Morgan fingerprint density at radius 1 is 1.10 bits per heavy atom. The van der Waals surface area contributed by atoms with Gasteiger partial charge in [0.2, 0.25) is 11.1 Å². The molecular formula is C22H21N5O2S. The molecular weight excluding hydrogens is 398 g/mol. The third-order valence-electron chi connectivity index (χ3n) is 4.53. The van der Waals surface area contributed by atoms with E-state index in [1.54, 1.807) is 4.68 Å². The summed E-state index contributed by atoms with van der Waals surface area (Å²) < 4.78 is 7.28. The first-order valence-electron chi connectivity index (χ1n) is 9.63. The molecule has 4 aromatic rings. The first kappa shape index (κ1) is 19.9. The van der Waals surface area contributed by atoms with Crippen molar-refractivity contribution in [2.24, 2.45) is 0 Å². The van der Waals surface area contributed by atoms with Crippen LogP contribution in [0.15, 0.2) is 71.9 Å². The highest BCUT2D eigenvalue weighted by Crippen LogP contribution is 2.29. The molecule has 7 nitrogen and oxygen atoms in total. The predicted octanol–water partition coefficient (Wildman–Crippen LogP) is 4.33. The second kappa shape index (κ2) is 8.96. The van der Waals surface area contributed by atoms with Crippen LogP contribution in [-0.2, 0) is 4.79 Å². The molecule has 0 fully saturated rings. The number of aromatic nitrogens is 4. The number of amides is 1. The molecule has 1 atom stereocenters. The summed E-state index contributed by atoms with van der Waals surface area (Å²) in [5.74, 6) is 0.561. The van der Waals surface area contributed by atoms with Crippen molar-refractivity contribution in [1.82, 2.24) is 20.2 Å².